The van der Waals surface area contributed by atoms with E-state index in [0.717, 1.165) is 10.9 Å². The van der Waals surface area contributed by atoms with Crippen molar-refractivity contribution < 1.29 is 14.3 Å². The SMILES string of the molecule is O=C(Nc1ccccc1)C1(C(=O)Nc2ccc(Oc3ncnc4c[c]ccc34)cc2)CC1. The van der Waals surface area contributed by atoms with Crippen LogP contribution in [-0.4, -0.2) is 21.8 Å². The van der Waals surface area contributed by atoms with Gasteiger partial charge in [0.1, 0.15) is 17.5 Å². The number of hydrogen-bond donors (Lipinski definition) is 2. The van der Waals surface area contributed by atoms with Gasteiger partial charge in [-0.05, 0) is 67.4 Å². The van der Waals surface area contributed by atoms with Gasteiger partial charge in [-0.15, -0.1) is 0 Å². The van der Waals surface area contributed by atoms with Crippen molar-refractivity contribution >= 4 is 34.1 Å². The zero-order valence-corrected chi connectivity index (χ0v) is 17.0. The lowest BCUT2D eigenvalue weighted by molar-refractivity contribution is -0.131. The van der Waals surface area contributed by atoms with Crippen molar-refractivity contribution in [1.29, 1.82) is 0 Å². The first-order valence-corrected chi connectivity index (χ1v) is 10.2. The number of carbonyl (C=O) groups excluding carboxylic acids is 2. The van der Waals surface area contributed by atoms with Gasteiger partial charge >= 0.3 is 0 Å². The van der Waals surface area contributed by atoms with Gasteiger partial charge in [0.05, 0.1) is 10.9 Å². The molecule has 157 valence electrons. The number of fused-ring (bicyclic) bond motifs is 1. The van der Waals surface area contributed by atoms with E-state index in [-0.39, 0.29) is 11.8 Å². The Morgan fingerprint density at radius 1 is 0.875 bits per heavy atom. The fraction of sp³-hybridized carbons (Fsp3) is 0.120. The Morgan fingerprint density at radius 2 is 1.56 bits per heavy atom. The van der Waals surface area contributed by atoms with Crippen LogP contribution < -0.4 is 15.4 Å². The highest BCUT2D eigenvalue weighted by molar-refractivity contribution is 6.16. The van der Waals surface area contributed by atoms with Gasteiger partial charge < -0.3 is 15.4 Å². The van der Waals surface area contributed by atoms with E-state index in [0.29, 0.717) is 35.8 Å². The molecule has 0 spiro atoms. The number of para-hydroxylation sites is 1. The minimum atomic E-state index is -1.03. The lowest BCUT2D eigenvalue weighted by Gasteiger charge is -2.16. The molecule has 4 aromatic rings. The Labute approximate surface area is 184 Å². The highest BCUT2D eigenvalue weighted by Crippen LogP contribution is 2.47. The number of nitrogens with zero attached hydrogens (tertiary/aromatic N) is 2. The number of benzene rings is 3. The number of hydrogen-bond acceptors (Lipinski definition) is 5. The maximum Gasteiger partial charge on any atom is 0.240 e. The molecule has 1 heterocycles. The Morgan fingerprint density at radius 3 is 2.25 bits per heavy atom. The molecule has 1 radical (unpaired) electrons. The van der Waals surface area contributed by atoms with E-state index in [4.69, 9.17) is 4.74 Å². The van der Waals surface area contributed by atoms with Crippen LogP contribution in [0.25, 0.3) is 10.9 Å². The van der Waals surface area contributed by atoms with Gasteiger partial charge in [0.15, 0.2) is 0 Å². The molecule has 1 aromatic heterocycles. The van der Waals surface area contributed by atoms with Crippen molar-refractivity contribution in [2.75, 3.05) is 10.6 Å². The van der Waals surface area contributed by atoms with E-state index in [1.54, 1.807) is 48.5 Å². The van der Waals surface area contributed by atoms with Crippen molar-refractivity contribution in [1.82, 2.24) is 9.97 Å². The summed E-state index contributed by atoms with van der Waals surface area (Å²) in [4.78, 5) is 33.9. The van der Waals surface area contributed by atoms with Crippen molar-refractivity contribution in [2.45, 2.75) is 12.8 Å². The summed E-state index contributed by atoms with van der Waals surface area (Å²) in [6, 6.07) is 24.4. The summed E-state index contributed by atoms with van der Waals surface area (Å²) in [7, 11) is 0. The first-order valence-electron chi connectivity index (χ1n) is 10.2. The molecule has 0 unspecified atom stereocenters. The molecule has 0 atom stereocenters. The molecule has 32 heavy (non-hydrogen) atoms. The number of ether oxygens (including phenoxy) is 1. The zero-order valence-electron chi connectivity index (χ0n) is 17.0. The van der Waals surface area contributed by atoms with Crippen molar-refractivity contribution in [3.05, 3.63) is 85.2 Å². The monoisotopic (exact) mass is 423 g/mol. The van der Waals surface area contributed by atoms with Gasteiger partial charge in [0, 0.05) is 11.4 Å². The first-order chi connectivity index (χ1) is 15.6. The molecule has 0 aliphatic heterocycles. The van der Waals surface area contributed by atoms with E-state index in [1.807, 2.05) is 24.3 Å². The van der Waals surface area contributed by atoms with Crippen LogP contribution in [0.15, 0.2) is 79.1 Å². The van der Waals surface area contributed by atoms with Crippen LogP contribution in [-0.2, 0) is 9.59 Å². The fourth-order valence-electron chi connectivity index (χ4n) is 3.43. The van der Waals surface area contributed by atoms with Gasteiger partial charge in [-0.25, -0.2) is 9.97 Å². The Balaban J connectivity index is 1.25. The molecule has 1 fully saturated rings. The van der Waals surface area contributed by atoms with Crippen molar-refractivity contribution in [2.24, 2.45) is 5.41 Å². The Hall–Kier alpha value is -4.26. The molecular weight excluding hydrogens is 404 g/mol. The lowest BCUT2D eigenvalue weighted by atomic mass is 10.0. The predicted molar refractivity (Wildman–Crippen MR) is 120 cm³/mol. The quantitative estimate of drug-likeness (QED) is 0.443. The van der Waals surface area contributed by atoms with Crippen molar-refractivity contribution in [3.8, 4) is 11.6 Å². The van der Waals surface area contributed by atoms with E-state index < -0.39 is 5.41 Å². The molecule has 1 aliphatic carbocycles. The van der Waals surface area contributed by atoms with Crippen LogP contribution in [0, 0.1) is 11.5 Å². The van der Waals surface area contributed by atoms with Gasteiger partial charge in [0.25, 0.3) is 0 Å². The predicted octanol–water partition coefficient (Wildman–Crippen LogP) is 4.58. The standard InChI is InChI=1S/C25H19N4O3/c30-23(28-17-6-2-1-3-7-17)25(14-15-25)24(31)29-18-10-12-19(13-11-18)32-22-20-8-4-5-9-21(20)26-16-27-22/h1-4,6-13,16H,14-15H2,(H,28,30)(H,29,31). The summed E-state index contributed by atoms with van der Waals surface area (Å²) in [5.41, 5.74) is 0.975. The van der Waals surface area contributed by atoms with Gasteiger partial charge in [0.2, 0.25) is 17.7 Å². The largest absolute Gasteiger partial charge is 0.438 e. The third-order valence-electron chi connectivity index (χ3n) is 5.42. The summed E-state index contributed by atoms with van der Waals surface area (Å²) in [5, 5.41) is 6.46. The molecule has 7 heteroatoms. The Kier molecular flexibility index (Phi) is 4.99. The molecular formula is C25H19N4O3. The average molecular weight is 423 g/mol. The maximum absolute atomic E-state index is 12.8. The summed E-state index contributed by atoms with van der Waals surface area (Å²) in [6.07, 6.45) is 2.49. The summed E-state index contributed by atoms with van der Waals surface area (Å²) in [6.45, 7) is 0. The molecule has 7 nitrogen and oxygen atoms in total. The van der Waals surface area contributed by atoms with Crippen LogP contribution in [0.5, 0.6) is 11.6 Å². The molecule has 2 N–H and O–H groups in total. The average Bonchev–Trinajstić information content (AvgIpc) is 3.64. The molecule has 1 aliphatic rings. The van der Waals surface area contributed by atoms with E-state index in [2.05, 4.69) is 26.7 Å². The fourth-order valence-corrected chi connectivity index (χ4v) is 3.43. The second kappa shape index (κ2) is 8.11. The second-order valence-electron chi connectivity index (χ2n) is 7.60. The number of amides is 2. The van der Waals surface area contributed by atoms with Crippen LogP contribution in [0.4, 0.5) is 11.4 Å². The second-order valence-corrected chi connectivity index (χ2v) is 7.60. The molecule has 5 rings (SSSR count). The van der Waals surface area contributed by atoms with Gasteiger partial charge in [-0.3, -0.25) is 9.59 Å². The number of anilines is 2. The summed E-state index contributed by atoms with van der Waals surface area (Å²) < 4.78 is 5.89. The minimum Gasteiger partial charge on any atom is -0.438 e. The zero-order chi connectivity index (χ0) is 22.0. The molecule has 2 amide bonds. The van der Waals surface area contributed by atoms with Crippen LogP contribution in [0.3, 0.4) is 0 Å². The smallest absolute Gasteiger partial charge is 0.240 e. The molecule has 0 saturated heterocycles. The van der Waals surface area contributed by atoms with Gasteiger partial charge in [-0.1, -0.05) is 24.3 Å². The van der Waals surface area contributed by atoms with E-state index in [9.17, 15) is 9.59 Å². The first kappa shape index (κ1) is 19.7. The highest BCUT2D eigenvalue weighted by atomic mass is 16.5. The van der Waals surface area contributed by atoms with Crippen molar-refractivity contribution in [3.63, 3.8) is 0 Å². The third kappa shape index (κ3) is 3.88. The third-order valence-corrected chi connectivity index (χ3v) is 5.42. The minimum absolute atomic E-state index is 0.283. The summed E-state index contributed by atoms with van der Waals surface area (Å²) in [5.74, 6) is 0.417. The van der Waals surface area contributed by atoms with E-state index in [1.165, 1.54) is 6.33 Å². The topological polar surface area (TPSA) is 93.2 Å². The van der Waals surface area contributed by atoms with Gasteiger partial charge in [-0.2, -0.15) is 0 Å². The number of nitrogens with one attached hydrogen (secondary N) is 2. The maximum atomic E-state index is 12.8. The normalized spacial score (nSPS) is 13.9. The van der Waals surface area contributed by atoms with Crippen LogP contribution in [0.2, 0.25) is 0 Å². The number of aromatic nitrogens is 2. The lowest BCUT2D eigenvalue weighted by Crippen LogP contribution is -2.35. The molecule has 1 saturated carbocycles. The highest BCUT2D eigenvalue weighted by Gasteiger charge is 2.56. The molecule has 0 bridgehead atoms. The van der Waals surface area contributed by atoms with Crippen LogP contribution in [0.1, 0.15) is 12.8 Å². The van der Waals surface area contributed by atoms with Crippen LogP contribution >= 0.6 is 0 Å². The van der Waals surface area contributed by atoms with E-state index >= 15 is 0 Å². The Bertz CT molecular complexity index is 1280. The number of rotatable bonds is 6. The summed E-state index contributed by atoms with van der Waals surface area (Å²) >= 11 is 0. The molecule has 3 aromatic carbocycles. The number of carbonyl (C=O) groups is 2.